The van der Waals surface area contributed by atoms with Gasteiger partial charge in [0.15, 0.2) is 0 Å². The number of β-lactam (4-membered cyclic amide) rings is 1. The summed E-state index contributed by atoms with van der Waals surface area (Å²) in [6, 6.07) is 16.1. The number of non-ortho nitro benzene ring substituents is 3. The minimum Gasteiger partial charge on any atom is -0.456 e. The lowest BCUT2D eigenvalue weighted by Crippen LogP contribution is -2.63. The summed E-state index contributed by atoms with van der Waals surface area (Å²) in [6.45, 7) is 3.20. The van der Waals surface area contributed by atoms with E-state index in [1.807, 2.05) is 34.7 Å². The van der Waals surface area contributed by atoms with E-state index in [1.165, 1.54) is 113 Å². The standard InChI is InChI=1S/C43H42N8O14S2/c1-25-34(37(48-36(25)35(26(2)52)38(48)53)41(54)63-21-27-4-10-30(11-5-27)49(57)58)33-20-47-24-46(39(66-3)40(47)67-33)19-18-45(43(56)65-23-29-8-14-32(15-9-29)51(61)62)17-16-44-42(55)64-22-28-6-12-31(13-7-28)50(59)60/h4-15,20,24-26,35-36,52H,16-19,21-23H2,1-3H3/p+1/t25-,26+,35+,36+/m0/s1. The van der Waals surface area contributed by atoms with Crippen molar-refractivity contribution in [3.8, 4) is 0 Å². The molecule has 2 N–H and O–H groups in total. The van der Waals surface area contributed by atoms with Gasteiger partial charge in [-0.2, -0.15) is 4.40 Å². The summed E-state index contributed by atoms with van der Waals surface area (Å²) in [4.78, 5) is 89.3. The SMILES string of the molecule is CSc1c2sc(C3=C(C(=O)OCc4ccc([N+](=O)[O-])cc4)N4C(=O)[C@H]([C@@H](C)O)[C@H]4[C@H]3C)cn2c[n+]1CCN(CCNC(=O)OCc1ccc([N+](=O)[O-])cc1)C(=O)OCc1ccc([N+](=O)[O-])cc1. The Morgan fingerprint density at radius 3 is 1.88 bits per heavy atom. The largest absolute Gasteiger partial charge is 0.456 e. The summed E-state index contributed by atoms with van der Waals surface area (Å²) in [5, 5.41) is 47.1. The van der Waals surface area contributed by atoms with Crippen LogP contribution in [0.3, 0.4) is 0 Å². The summed E-state index contributed by atoms with van der Waals surface area (Å²) in [7, 11) is 0. The van der Waals surface area contributed by atoms with Gasteiger partial charge in [0.2, 0.25) is 15.8 Å². The molecular weight excluding hydrogens is 917 g/mol. The Hall–Kier alpha value is -7.44. The number of ether oxygens (including phenoxy) is 3. The van der Waals surface area contributed by atoms with Crippen LogP contribution in [-0.2, 0) is 50.2 Å². The number of thioether (sulfide) groups is 1. The summed E-state index contributed by atoms with van der Waals surface area (Å²) in [5.74, 6) is -2.26. The van der Waals surface area contributed by atoms with E-state index in [0.29, 0.717) is 27.1 Å². The number of aromatic nitrogens is 2. The summed E-state index contributed by atoms with van der Waals surface area (Å²) < 4.78 is 20.3. The van der Waals surface area contributed by atoms with Gasteiger partial charge in [-0.15, -0.1) is 0 Å². The summed E-state index contributed by atoms with van der Waals surface area (Å²) >= 11 is 2.81. The molecule has 0 unspecified atom stereocenters. The lowest BCUT2D eigenvalue weighted by molar-refractivity contribution is -0.729. The second-order valence-electron chi connectivity index (χ2n) is 15.5. The number of aliphatic hydroxyl groups excluding tert-OH is 1. The van der Waals surface area contributed by atoms with Crippen molar-refractivity contribution < 1.29 is 57.8 Å². The van der Waals surface area contributed by atoms with Gasteiger partial charge in [0.25, 0.3) is 23.4 Å². The monoisotopic (exact) mass is 959 g/mol. The summed E-state index contributed by atoms with van der Waals surface area (Å²) in [5.41, 5.74) is 1.83. The van der Waals surface area contributed by atoms with Crippen molar-refractivity contribution in [2.24, 2.45) is 11.8 Å². The number of hydrogen-bond acceptors (Lipinski definition) is 16. The lowest BCUT2D eigenvalue weighted by atomic mass is 9.77. The molecule has 0 radical (unpaired) electrons. The third-order valence-electron chi connectivity index (χ3n) is 11.3. The van der Waals surface area contributed by atoms with Gasteiger partial charge in [-0.05, 0) is 66.3 Å². The van der Waals surface area contributed by atoms with E-state index in [9.17, 15) is 54.6 Å². The Morgan fingerprint density at radius 2 is 1.37 bits per heavy atom. The fourth-order valence-electron chi connectivity index (χ4n) is 7.92. The predicted molar refractivity (Wildman–Crippen MR) is 238 cm³/mol. The number of nitro benzene ring substituents is 3. The number of rotatable bonds is 19. The number of fused-ring (bicyclic) bond motifs is 2. The summed E-state index contributed by atoms with van der Waals surface area (Å²) in [6.07, 6.45) is 3.06. The molecule has 0 saturated carbocycles. The quantitative estimate of drug-likeness (QED) is 0.0194. The first kappa shape index (κ1) is 47.5. The Labute approximate surface area is 388 Å². The molecule has 24 heteroatoms. The Balaban J connectivity index is 1.07. The smallest absolute Gasteiger partial charge is 0.410 e. The molecule has 2 aliphatic rings. The van der Waals surface area contributed by atoms with Gasteiger partial charge in [0, 0.05) is 61.0 Å². The fraction of sp³-hybridized carbons (Fsp3) is 0.326. The van der Waals surface area contributed by atoms with Gasteiger partial charge < -0.3 is 34.4 Å². The number of benzene rings is 3. The first-order valence-corrected chi connectivity index (χ1v) is 22.6. The van der Waals surface area contributed by atoms with Crippen LogP contribution in [0, 0.1) is 42.2 Å². The highest BCUT2D eigenvalue weighted by Crippen LogP contribution is 2.52. The molecule has 4 atom stereocenters. The van der Waals surface area contributed by atoms with Crippen LogP contribution in [0.15, 0.2) is 96.0 Å². The molecule has 3 amide bonds. The van der Waals surface area contributed by atoms with Crippen molar-refractivity contribution in [3.05, 3.63) is 143 Å². The Bertz CT molecular complexity index is 2760. The third kappa shape index (κ3) is 10.3. The normalized spacial score (nSPS) is 16.8. The highest BCUT2D eigenvalue weighted by Gasteiger charge is 2.60. The topological polar surface area (TPSA) is 272 Å². The van der Waals surface area contributed by atoms with E-state index in [1.54, 1.807) is 0 Å². The molecule has 0 spiro atoms. The van der Waals surface area contributed by atoms with Crippen LogP contribution < -0.4 is 9.88 Å². The number of hydrogen-bond donors (Lipinski definition) is 2. The molecule has 1 fully saturated rings. The maximum atomic E-state index is 13.9. The van der Waals surface area contributed by atoms with Gasteiger partial charge >= 0.3 is 18.2 Å². The minimum absolute atomic E-state index is 0.00773. The van der Waals surface area contributed by atoms with Crippen LogP contribution in [-0.4, -0.2) is 96.2 Å². The molecule has 67 heavy (non-hydrogen) atoms. The number of alkyl carbamates (subject to hydrolysis) is 1. The number of thiazole rings is 1. The number of nitro groups is 3. The number of amides is 3. The van der Waals surface area contributed by atoms with Gasteiger partial charge in [0.1, 0.15) is 38.3 Å². The van der Waals surface area contributed by atoms with E-state index < -0.39 is 56.9 Å². The van der Waals surface area contributed by atoms with E-state index in [0.717, 1.165) is 9.86 Å². The lowest BCUT2D eigenvalue weighted by Gasteiger charge is -2.46. The van der Waals surface area contributed by atoms with Crippen LogP contribution in [0.4, 0.5) is 26.7 Å². The maximum absolute atomic E-state index is 13.9. The first-order valence-electron chi connectivity index (χ1n) is 20.6. The van der Waals surface area contributed by atoms with Crippen LogP contribution in [0.25, 0.3) is 10.4 Å². The van der Waals surface area contributed by atoms with E-state index in [2.05, 4.69) is 5.32 Å². The van der Waals surface area contributed by atoms with Crippen molar-refractivity contribution >= 4 is 74.6 Å². The molecule has 0 aliphatic carbocycles. The highest BCUT2D eigenvalue weighted by atomic mass is 32.2. The average molecular weight is 960 g/mol. The van der Waals surface area contributed by atoms with Crippen molar-refractivity contribution in [3.63, 3.8) is 0 Å². The molecule has 4 heterocycles. The minimum atomic E-state index is -0.966. The van der Waals surface area contributed by atoms with Crippen LogP contribution >= 0.6 is 23.1 Å². The molecule has 1 saturated heterocycles. The zero-order chi connectivity index (χ0) is 48.1. The number of carbonyl (C=O) groups excluding carboxylic acids is 4. The first-order chi connectivity index (χ1) is 32.1. The number of carbonyl (C=O) groups is 4. The van der Waals surface area contributed by atoms with Crippen LogP contribution in [0.1, 0.15) is 35.4 Å². The number of aliphatic hydroxyl groups is 1. The van der Waals surface area contributed by atoms with Crippen molar-refractivity contribution in [2.75, 3.05) is 25.9 Å². The third-order valence-corrected chi connectivity index (χ3v) is 13.4. The second kappa shape index (κ2) is 20.4. The van der Waals surface area contributed by atoms with Gasteiger partial charge in [-0.25, -0.2) is 19.0 Å². The van der Waals surface area contributed by atoms with Gasteiger partial charge in [0.05, 0.1) is 44.3 Å². The van der Waals surface area contributed by atoms with Crippen molar-refractivity contribution in [1.29, 1.82) is 0 Å². The number of imidazole rings is 1. The number of esters is 1. The van der Waals surface area contributed by atoms with E-state index >= 15 is 0 Å². The molecular formula is C43H43N8O14S2+. The van der Waals surface area contributed by atoms with Gasteiger partial charge in [-0.1, -0.05) is 30.0 Å². The zero-order valence-electron chi connectivity index (χ0n) is 36.0. The molecule has 3 aromatic carbocycles. The molecule has 350 valence electrons. The maximum Gasteiger partial charge on any atom is 0.410 e. The van der Waals surface area contributed by atoms with E-state index in [4.69, 9.17) is 14.2 Å². The highest BCUT2D eigenvalue weighted by molar-refractivity contribution is 7.98. The van der Waals surface area contributed by atoms with Crippen molar-refractivity contribution in [1.82, 2.24) is 19.5 Å². The molecule has 22 nitrogen and oxygen atoms in total. The molecule has 2 aliphatic heterocycles. The Morgan fingerprint density at radius 1 is 0.851 bits per heavy atom. The molecule has 0 bridgehead atoms. The van der Waals surface area contributed by atoms with Gasteiger partial charge in [-0.3, -0.25) is 35.1 Å². The number of nitrogens with one attached hydrogen (secondary N) is 1. The number of nitrogens with zero attached hydrogens (tertiary/aromatic N) is 7. The zero-order valence-corrected chi connectivity index (χ0v) is 37.7. The Kier molecular flexibility index (Phi) is 14.5. The van der Waals surface area contributed by atoms with E-state index in [-0.39, 0.29) is 74.7 Å². The van der Waals surface area contributed by atoms with Crippen molar-refractivity contribution in [2.45, 2.75) is 57.4 Å². The fourth-order valence-corrected chi connectivity index (χ4v) is 10.1. The van der Waals surface area contributed by atoms with Crippen LogP contribution in [0.5, 0.6) is 0 Å². The van der Waals surface area contributed by atoms with Crippen LogP contribution in [0.2, 0.25) is 0 Å². The molecule has 5 aromatic rings. The average Bonchev–Trinajstić information content (AvgIpc) is 3.94. The molecule has 2 aromatic heterocycles. The second-order valence-corrected chi connectivity index (χ2v) is 17.4. The predicted octanol–water partition coefficient (Wildman–Crippen LogP) is 5.61. The molecule has 7 rings (SSSR count).